The number of likely N-dealkylation sites (N-methyl/N-ethyl adjacent to an activating group) is 1. The summed E-state index contributed by atoms with van der Waals surface area (Å²) in [5.41, 5.74) is 3.09. The molecule has 144 valence electrons. The molecule has 0 saturated heterocycles. The Kier molecular flexibility index (Phi) is 6.76. The van der Waals surface area contributed by atoms with Gasteiger partial charge in [0.05, 0.1) is 11.3 Å². The lowest BCUT2D eigenvalue weighted by atomic mass is 10.1. The zero-order valence-electron chi connectivity index (χ0n) is 15.7. The maximum Gasteiger partial charge on any atom is 0.339 e. The van der Waals surface area contributed by atoms with Gasteiger partial charge in [-0.3, -0.25) is 0 Å². The summed E-state index contributed by atoms with van der Waals surface area (Å²) >= 11 is 3.47. The molecule has 28 heavy (non-hydrogen) atoms. The molecule has 0 aliphatic rings. The van der Waals surface area contributed by atoms with Crippen LogP contribution in [0.5, 0.6) is 0 Å². The summed E-state index contributed by atoms with van der Waals surface area (Å²) in [5.74, 6) is -0.451. The number of carboxylic acids is 1. The number of halogens is 1. The van der Waals surface area contributed by atoms with E-state index in [2.05, 4.69) is 38.0 Å². The Bertz CT molecular complexity index is 948. The number of hydrogen-bond acceptors (Lipinski definition) is 4. The fourth-order valence-electron chi connectivity index (χ4n) is 2.96. The minimum Gasteiger partial charge on any atom is -0.478 e. The first-order valence-corrected chi connectivity index (χ1v) is 9.91. The van der Waals surface area contributed by atoms with E-state index < -0.39 is 5.97 Å². The summed E-state index contributed by atoms with van der Waals surface area (Å²) in [6, 6.07) is 18.2. The van der Waals surface area contributed by atoms with Gasteiger partial charge in [0.15, 0.2) is 0 Å². The van der Waals surface area contributed by atoms with Gasteiger partial charge in [0, 0.05) is 24.3 Å². The fraction of sp³-hybridized carbons (Fsp3) is 0.227. The van der Waals surface area contributed by atoms with E-state index in [-0.39, 0.29) is 5.56 Å². The summed E-state index contributed by atoms with van der Waals surface area (Å²) in [6.45, 7) is 0.751. The fourth-order valence-corrected chi connectivity index (χ4v) is 3.40. The van der Waals surface area contributed by atoms with Gasteiger partial charge in [-0.25, -0.2) is 14.8 Å². The summed E-state index contributed by atoms with van der Waals surface area (Å²) in [6.07, 6.45) is 3.54. The molecule has 1 N–H and O–H groups in total. The second-order valence-electron chi connectivity index (χ2n) is 6.62. The Morgan fingerprint density at radius 3 is 2.50 bits per heavy atom. The highest BCUT2D eigenvalue weighted by Crippen LogP contribution is 2.17. The van der Waals surface area contributed by atoms with Gasteiger partial charge >= 0.3 is 5.97 Å². The van der Waals surface area contributed by atoms with Crippen LogP contribution in [-0.2, 0) is 19.3 Å². The number of rotatable bonds is 8. The van der Waals surface area contributed by atoms with Crippen molar-refractivity contribution in [1.82, 2.24) is 9.97 Å². The summed E-state index contributed by atoms with van der Waals surface area (Å²) < 4.78 is 1.01. The van der Waals surface area contributed by atoms with Crippen molar-refractivity contribution in [3.63, 3.8) is 0 Å². The highest BCUT2D eigenvalue weighted by atomic mass is 79.9. The van der Waals surface area contributed by atoms with Crippen LogP contribution in [0.3, 0.4) is 0 Å². The average molecular weight is 440 g/mol. The molecule has 0 unspecified atom stereocenters. The number of aromatic nitrogens is 2. The molecular formula is C22H22BrN3O2. The van der Waals surface area contributed by atoms with E-state index in [4.69, 9.17) is 0 Å². The Hall–Kier alpha value is -2.73. The quantitative estimate of drug-likeness (QED) is 0.563. The topological polar surface area (TPSA) is 66.3 Å². The molecule has 0 aliphatic heterocycles. The van der Waals surface area contributed by atoms with Crippen molar-refractivity contribution >= 4 is 27.8 Å². The van der Waals surface area contributed by atoms with Crippen LogP contribution in [0, 0.1) is 0 Å². The molecule has 5 nitrogen and oxygen atoms in total. The van der Waals surface area contributed by atoms with Gasteiger partial charge in [-0.1, -0.05) is 58.4 Å². The molecule has 0 atom stereocenters. The van der Waals surface area contributed by atoms with E-state index >= 15 is 0 Å². The lowest BCUT2D eigenvalue weighted by molar-refractivity contribution is 0.0694. The smallest absolute Gasteiger partial charge is 0.339 e. The van der Waals surface area contributed by atoms with Crippen LogP contribution in [0.2, 0.25) is 0 Å². The number of hydrogen-bond donors (Lipinski definition) is 1. The second-order valence-corrected chi connectivity index (χ2v) is 7.54. The van der Waals surface area contributed by atoms with Gasteiger partial charge in [0.1, 0.15) is 0 Å². The molecule has 0 amide bonds. The monoisotopic (exact) mass is 439 g/mol. The SMILES string of the molecule is CN(CCc1ccccc1)c1ncc(C(=O)O)c(CCc2cccc(Br)c2)n1. The van der Waals surface area contributed by atoms with Crippen LogP contribution < -0.4 is 4.90 Å². The third-order valence-electron chi connectivity index (χ3n) is 4.55. The van der Waals surface area contributed by atoms with Gasteiger partial charge in [0.25, 0.3) is 0 Å². The molecule has 0 bridgehead atoms. The minimum absolute atomic E-state index is 0.162. The molecule has 1 aromatic heterocycles. The van der Waals surface area contributed by atoms with Gasteiger partial charge in [0.2, 0.25) is 5.95 Å². The summed E-state index contributed by atoms with van der Waals surface area (Å²) in [4.78, 5) is 22.4. The Morgan fingerprint density at radius 1 is 1.04 bits per heavy atom. The lowest BCUT2D eigenvalue weighted by Gasteiger charge is -2.18. The van der Waals surface area contributed by atoms with Crippen LogP contribution in [-0.4, -0.2) is 34.6 Å². The largest absolute Gasteiger partial charge is 0.478 e. The third-order valence-corrected chi connectivity index (χ3v) is 5.04. The molecule has 2 aromatic carbocycles. The molecule has 0 spiro atoms. The Labute approximate surface area is 173 Å². The Balaban J connectivity index is 1.73. The van der Waals surface area contributed by atoms with Crippen molar-refractivity contribution in [2.45, 2.75) is 19.3 Å². The standard InChI is InChI=1S/C22H22BrN3O2/c1-26(13-12-16-6-3-2-4-7-16)22-24-15-19(21(27)28)20(25-22)11-10-17-8-5-9-18(23)14-17/h2-9,14-15H,10-13H2,1H3,(H,27,28). The first-order valence-electron chi connectivity index (χ1n) is 9.11. The predicted molar refractivity (Wildman–Crippen MR) is 114 cm³/mol. The van der Waals surface area contributed by atoms with Gasteiger partial charge in [-0.15, -0.1) is 0 Å². The first-order chi connectivity index (χ1) is 13.5. The summed E-state index contributed by atoms with van der Waals surface area (Å²) in [5, 5.41) is 9.49. The Morgan fingerprint density at radius 2 is 1.79 bits per heavy atom. The molecule has 0 aliphatic carbocycles. The number of nitrogens with zero attached hydrogens (tertiary/aromatic N) is 3. The number of aryl methyl sites for hydroxylation is 2. The molecule has 0 fully saturated rings. The van der Waals surface area contributed by atoms with Crippen LogP contribution >= 0.6 is 15.9 Å². The molecule has 0 saturated carbocycles. The summed E-state index contributed by atoms with van der Waals surface area (Å²) in [7, 11) is 1.93. The molecule has 6 heteroatoms. The lowest BCUT2D eigenvalue weighted by Crippen LogP contribution is -2.24. The van der Waals surface area contributed by atoms with Gasteiger partial charge in [-0.05, 0) is 42.5 Å². The van der Waals surface area contributed by atoms with Crippen molar-refractivity contribution < 1.29 is 9.90 Å². The van der Waals surface area contributed by atoms with Crippen molar-refractivity contribution in [3.8, 4) is 0 Å². The zero-order chi connectivity index (χ0) is 19.9. The third kappa shape index (κ3) is 5.39. The normalized spacial score (nSPS) is 10.6. The molecule has 3 rings (SSSR count). The van der Waals surface area contributed by atoms with Crippen molar-refractivity contribution in [3.05, 3.63) is 87.7 Å². The van der Waals surface area contributed by atoms with Crippen LogP contribution in [0.4, 0.5) is 5.95 Å². The van der Waals surface area contributed by atoms with E-state index in [0.717, 1.165) is 23.0 Å². The molecule has 1 heterocycles. The second kappa shape index (κ2) is 9.46. The average Bonchev–Trinajstić information content (AvgIpc) is 2.71. The molecule has 3 aromatic rings. The van der Waals surface area contributed by atoms with E-state index in [1.807, 2.05) is 54.4 Å². The van der Waals surface area contributed by atoms with E-state index in [1.54, 1.807) is 0 Å². The maximum absolute atomic E-state index is 11.6. The predicted octanol–water partition coefficient (Wildman–Crippen LogP) is 4.40. The van der Waals surface area contributed by atoms with Crippen LogP contribution in [0.15, 0.2) is 65.3 Å². The number of carboxylic acid groups (broad SMARTS) is 1. The number of anilines is 1. The van der Waals surface area contributed by atoms with Gasteiger partial charge < -0.3 is 10.0 Å². The van der Waals surface area contributed by atoms with Crippen molar-refractivity contribution in [2.24, 2.45) is 0 Å². The molecular weight excluding hydrogens is 418 g/mol. The van der Waals surface area contributed by atoms with Crippen LogP contribution in [0.1, 0.15) is 27.2 Å². The number of carbonyl (C=O) groups is 1. The molecule has 0 radical (unpaired) electrons. The van der Waals surface area contributed by atoms with Gasteiger partial charge in [-0.2, -0.15) is 0 Å². The highest BCUT2D eigenvalue weighted by molar-refractivity contribution is 9.10. The minimum atomic E-state index is -0.997. The van der Waals surface area contributed by atoms with Crippen LogP contribution in [0.25, 0.3) is 0 Å². The van der Waals surface area contributed by atoms with Crippen molar-refractivity contribution in [2.75, 3.05) is 18.5 Å². The van der Waals surface area contributed by atoms with Crippen molar-refractivity contribution in [1.29, 1.82) is 0 Å². The van der Waals surface area contributed by atoms with E-state index in [1.165, 1.54) is 11.8 Å². The first kappa shape index (κ1) is 20.0. The maximum atomic E-state index is 11.6. The highest BCUT2D eigenvalue weighted by Gasteiger charge is 2.15. The number of benzene rings is 2. The van der Waals surface area contributed by atoms with E-state index in [9.17, 15) is 9.90 Å². The zero-order valence-corrected chi connectivity index (χ0v) is 17.3. The van der Waals surface area contributed by atoms with E-state index in [0.29, 0.717) is 24.5 Å². The number of aromatic carboxylic acids is 1.